The summed E-state index contributed by atoms with van der Waals surface area (Å²) < 4.78 is 7.16. The van der Waals surface area contributed by atoms with Gasteiger partial charge in [0.05, 0.1) is 29.0 Å². The van der Waals surface area contributed by atoms with Crippen molar-refractivity contribution in [3.63, 3.8) is 0 Å². The van der Waals surface area contributed by atoms with E-state index in [1.54, 1.807) is 23.6 Å². The van der Waals surface area contributed by atoms with Gasteiger partial charge in [-0.1, -0.05) is 47.2 Å². The van der Waals surface area contributed by atoms with Crippen LogP contribution in [0, 0.1) is 0 Å². The topological polar surface area (TPSA) is 63.9 Å². The van der Waals surface area contributed by atoms with Crippen molar-refractivity contribution in [2.24, 2.45) is 4.99 Å². The van der Waals surface area contributed by atoms with Crippen molar-refractivity contribution < 1.29 is 9.53 Å². The van der Waals surface area contributed by atoms with Crippen molar-refractivity contribution in [1.82, 2.24) is 4.57 Å². The highest BCUT2D eigenvalue weighted by Crippen LogP contribution is 2.31. The van der Waals surface area contributed by atoms with E-state index in [9.17, 15) is 9.59 Å². The molecule has 6 nitrogen and oxygen atoms in total. The highest BCUT2D eigenvalue weighted by molar-refractivity contribution is 7.07. The molecule has 2 aromatic carbocycles. The Hall–Kier alpha value is -3.16. The molecule has 0 N–H and O–H groups in total. The summed E-state index contributed by atoms with van der Waals surface area (Å²) in [6.45, 7) is 7.87. The number of thiazole rings is 1. The third-order valence-electron chi connectivity index (χ3n) is 5.93. The van der Waals surface area contributed by atoms with Gasteiger partial charge in [-0.15, -0.1) is 0 Å². The van der Waals surface area contributed by atoms with Crippen LogP contribution in [-0.4, -0.2) is 30.7 Å². The molecule has 34 heavy (non-hydrogen) atoms. The molecule has 1 aromatic heterocycles. The fraction of sp³-hybridized carbons (Fsp3) is 0.269. The molecule has 0 saturated heterocycles. The van der Waals surface area contributed by atoms with Gasteiger partial charge in [0.2, 0.25) is 0 Å². The molecule has 3 aromatic rings. The van der Waals surface area contributed by atoms with E-state index >= 15 is 0 Å². The van der Waals surface area contributed by atoms with Gasteiger partial charge in [0, 0.05) is 23.8 Å². The number of esters is 1. The highest BCUT2D eigenvalue weighted by Gasteiger charge is 2.33. The Balaban J connectivity index is 1.85. The number of hydrogen-bond donors (Lipinski definition) is 0. The van der Waals surface area contributed by atoms with Gasteiger partial charge in [-0.2, -0.15) is 0 Å². The molecule has 0 fully saturated rings. The molecular formula is C26H26ClN3O3S. The Morgan fingerprint density at radius 2 is 1.79 bits per heavy atom. The van der Waals surface area contributed by atoms with Crippen molar-refractivity contribution in [1.29, 1.82) is 0 Å². The molecule has 0 spiro atoms. The molecule has 1 aliphatic heterocycles. The molecule has 0 saturated carbocycles. The quantitative estimate of drug-likeness (QED) is 0.486. The van der Waals surface area contributed by atoms with Gasteiger partial charge in [0.1, 0.15) is 0 Å². The summed E-state index contributed by atoms with van der Waals surface area (Å²) in [6.07, 6.45) is 1.87. The van der Waals surface area contributed by atoms with Crippen LogP contribution in [0.15, 0.2) is 69.6 Å². The lowest BCUT2D eigenvalue weighted by Crippen LogP contribution is -2.39. The molecule has 0 radical (unpaired) electrons. The lowest BCUT2D eigenvalue weighted by molar-refractivity contribution is -0.136. The standard InChI is InChI=1S/C26H26ClN3O3S/c1-5-29(6-2)20-13-7-17(8-14-20)15-21-24(31)30-23(18-9-11-19(27)12-10-18)22(25(32)33-4)16(3)28-26(30)34-21/h7-15,23H,5-6H2,1-4H3/b21-15+. The Morgan fingerprint density at radius 3 is 2.38 bits per heavy atom. The van der Waals surface area contributed by atoms with Gasteiger partial charge in [-0.05, 0) is 62.2 Å². The number of carbonyl (C=O) groups is 1. The molecule has 1 atom stereocenters. The summed E-state index contributed by atoms with van der Waals surface area (Å²) >= 11 is 7.39. The second-order valence-electron chi connectivity index (χ2n) is 7.89. The van der Waals surface area contributed by atoms with Crippen molar-refractivity contribution in [3.05, 3.63) is 95.6 Å². The first-order valence-electron chi connectivity index (χ1n) is 11.1. The summed E-state index contributed by atoms with van der Waals surface area (Å²) in [7, 11) is 1.33. The van der Waals surface area contributed by atoms with Crippen molar-refractivity contribution in [2.75, 3.05) is 25.1 Å². The van der Waals surface area contributed by atoms with E-state index in [-0.39, 0.29) is 5.56 Å². The zero-order valence-electron chi connectivity index (χ0n) is 19.5. The smallest absolute Gasteiger partial charge is 0.338 e. The minimum atomic E-state index is -0.645. The number of nitrogens with zero attached hydrogens (tertiary/aromatic N) is 3. The number of benzene rings is 2. The SMILES string of the molecule is CCN(CC)c1ccc(/C=c2/sc3n(c2=O)C(c2ccc(Cl)cc2)C(C(=O)OC)=C(C)N=3)cc1. The van der Waals surface area contributed by atoms with Crippen LogP contribution in [0.1, 0.15) is 37.9 Å². The summed E-state index contributed by atoms with van der Waals surface area (Å²) in [5.41, 5.74) is 3.49. The van der Waals surface area contributed by atoms with E-state index in [1.807, 2.05) is 30.3 Å². The van der Waals surface area contributed by atoms with Crippen LogP contribution in [0.2, 0.25) is 5.02 Å². The first-order chi connectivity index (χ1) is 16.4. The Morgan fingerprint density at radius 1 is 1.15 bits per heavy atom. The van der Waals surface area contributed by atoms with Gasteiger partial charge in [-0.25, -0.2) is 9.79 Å². The van der Waals surface area contributed by atoms with E-state index in [4.69, 9.17) is 16.3 Å². The maximum absolute atomic E-state index is 13.6. The number of aromatic nitrogens is 1. The number of methoxy groups -OCH3 is 1. The zero-order valence-corrected chi connectivity index (χ0v) is 21.1. The lowest BCUT2D eigenvalue weighted by atomic mass is 9.96. The minimum absolute atomic E-state index is 0.203. The fourth-order valence-electron chi connectivity index (χ4n) is 4.17. The molecule has 8 heteroatoms. The number of anilines is 1. The number of hydrogen-bond acceptors (Lipinski definition) is 6. The van der Waals surface area contributed by atoms with E-state index in [0.717, 1.165) is 29.9 Å². The summed E-state index contributed by atoms with van der Waals surface area (Å²) in [4.78, 5) is 33.7. The van der Waals surface area contributed by atoms with E-state index in [1.165, 1.54) is 18.4 Å². The number of ether oxygens (including phenoxy) is 1. The van der Waals surface area contributed by atoms with E-state index < -0.39 is 12.0 Å². The van der Waals surface area contributed by atoms with Crippen molar-refractivity contribution in [2.45, 2.75) is 26.8 Å². The van der Waals surface area contributed by atoms with Crippen LogP contribution >= 0.6 is 22.9 Å². The fourth-order valence-corrected chi connectivity index (χ4v) is 5.35. The van der Waals surface area contributed by atoms with Crippen LogP contribution in [0.3, 0.4) is 0 Å². The van der Waals surface area contributed by atoms with Gasteiger partial charge in [0.25, 0.3) is 5.56 Å². The molecule has 0 bridgehead atoms. The van der Waals surface area contributed by atoms with Crippen LogP contribution in [0.5, 0.6) is 0 Å². The van der Waals surface area contributed by atoms with Crippen molar-refractivity contribution in [3.8, 4) is 0 Å². The Kier molecular flexibility index (Phi) is 7.05. The largest absolute Gasteiger partial charge is 0.466 e. The van der Waals surface area contributed by atoms with Crippen molar-refractivity contribution >= 4 is 40.7 Å². The highest BCUT2D eigenvalue weighted by atomic mass is 35.5. The third-order valence-corrected chi connectivity index (χ3v) is 7.17. The molecule has 1 unspecified atom stereocenters. The van der Waals surface area contributed by atoms with Gasteiger partial charge in [-0.3, -0.25) is 9.36 Å². The average molecular weight is 496 g/mol. The first-order valence-corrected chi connectivity index (χ1v) is 12.3. The van der Waals surface area contributed by atoms with E-state index in [0.29, 0.717) is 25.6 Å². The minimum Gasteiger partial charge on any atom is -0.466 e. The lowest BCUT2D eigenvalue weighted by Gasteiger charge is -2.24. The maximum atomic E-state index is 13.6. The normalized spacial score (nSPS) is 15.7. The number of halogens is 1. The van der Waals surface area contributed by atoms with Crippen LogP contribution in [-0.2, 0) is 9.53 Å². The second-order valence-corrected chi connectivity index (χ2v) is 9.33. The van der Waals surface area contributed by atoms with Crippen LogP contribution in [0.25, 0.3) is 6.08 Å². The summed E-state index contributed by atoms with van der Waals surface area (Å²) in [5, 5.41) is 0.574. The molecule has 4 rings (SSSR count). The number of allylic oxidation sites excluding steroid dienone is 1. The van der Waals surface area contributed by atoms with E-state index in [2.05, 4.69) is 35.9 Å². The molecule has 0 amide bonds. The van der Waals surface area contributed by atoms with Gasteiger partial charge in [0.15, 0.2) is 4.80 Å². The molecule has 0 aliphatic carbocycles. The summed E-state index contributed by atoms with van der Waals surface area (Å²) in [6, 6.07) is 14.6. The Labute approximate surface area is 207 Å². The number of fused-ring (bicyclic) bond motifs is 1. The third kappa shape index (κ3) is 4.45. The average Bonchev–Trinajstić information content (AvgIpc) is 3.14. The molecule has 2 heterocycles. The predicted octanol–water partition coefficient (Wildman–Crippen LogP) is 3.91. The van der Waals surface area contributed by atoms with Gasteiger partial charge < -0.3 is 9.64 Å². The molecular weight excluding hydrogens is 470 g/mol. The first kappa shape index (κ1) is 24.0. The Bertz CT molecular complexity index is 1420. The number of rotatable bonds is 6. The molecule has 176 valence electrons. The van der Waals surface area contributed by atoms with Crippen LogP contribution < -0.4 is 19.8 Å². The monoisotopic (exact) mass is 495 g/mol. The summed E-state index contributed by atoms with van der Waals surface area (Å²) in [5.74, 6) is -0.512. The zero-order chi connectivity index (χ0) is 24.4. The second kappa shape index (κ2) is 9.99. The maximum Gasteiger partial charge on any atom is 0.338 e. The molecule has 1 aliphatic rings. The number of carbonyl (C=O) groups excluding carboxylic acids is 1. The van der Waals surface area contributed by atoms with Gasteiger partial charge >= 0.3 is 5.97 Å². The van der Waals surface area contributed by atoms with Crippen LogP contribution in [0.4, 0.5) is 5.69 Å². The predicted molar refractivity (Wildman–Crippen MR) is 137 cm³/mol.